The summed E-state index contributed by atoms with van der Waals surface area (Å²) in [6, 6.07) is 40.2. The minimum atomic E-state index is -0.429. The zero-order chi connectivity index (χ0) is 39.3. The highest BCUT2D eigenvalue weighted by Gasteiger charge is 2.19. The van der Waals surface area contributed by atoms with E-state index in [0.717, 1.165) is 55.0 Å². The Labute approximate surface area is 295 Å². The summed E-state index contributed by atoms with van der Waals surface area (Å²) in [5.74, 6) is 0. The first-order valence-electron chi connectivity index (χ1n) is 20.2. The van der Waals surface area contributed by atoms with Crippen LogP contribution in [0.15, 0.2) is 186 Å². The molecule has 1 heteroatoms. The molecule has 0 aliphatic rings. The van der Waals surface area contributed by atoms with Gasteiger partial charge in [0.05, 0.1) is 11.0 Å². The van der Waals surface area contributed by atoms with Crippen molar-refractivity contribution >= 4 is 54.3 Å². The predicted molar refractivity (Wildman–Crippen MR) is 208 cm³/mol. The van der Waals surface area contributed by atoms with Crippen molar-refractivity contribution < 1.29 is 15.4 Å². The smallest absolute Gasteiger partial charge is 0.136 e. The van der Waals surface area contributed by atoms with Crippen molar-refractivity contribution in [3.8, 4) is 44.5 Å². The predicted octanol–water partition coefficient (Wildman–Crippen LogP) is 13.7. The summed E-state index contributed by atoms with van der Waals surface area (Å²) in [6.45, 7) is 0. The molecule has 49 heavy (non-hydrogen) atoms. The van der Waals surface area contributed by atoms with Crippen LogP contribution >= 0.6 is 0 Å². The molecule has 1 nitrogen and oxygen atoms in total. The molecule has 0 N–H and O–H groups in total. The Morgan fingerprint density at radius 1 is 0.347 bits per heavy atom. The maximum Gasteiger partial charge on any atom is 0.136 e. The van der Waals surface area contributed by atoms with Crippen LogP contribution in [0.5, 0.6) is 0 Å². The van der Waals surface area contributed by atoms with Gasteiger partial charge in [-0.15, -0.1) is 0 Å². The Kier molecular flexibility index (Phi) is 4.69. The van der Waals surface area contributed by atoms with Gasteiger partial charge in [-0.05, 0) is 89.0 Å². The van der Waals surface area contributed by atoms with E-state index in [9.17, 15) is 5.48 Å². The van der Waals surface area contributed by atoms with Crippen molar-refractivity contribution in [3.63, 3.8) is 0 Å². The van der Waals surface area contributed by atoms with E-state index in [1.165, 1.54) is 0 Å². The molecule has 0 spiro atoms. The lowest BCUT2D eigenvalue weighted by molar-refractivity contribution is 0.669. The van der Waals surface area contributed by atoms with E-state index in [1.807, 2.05) is 115 Å². The van der Waals surface area contributed by atoms with Gasteiger partial charge in [0.15, 0.2) is 0 Å². The number of benzene rings is 9. The Balaban J connectivity index is 1.30. The molecule has 1 aromatic heterocycles. The van der Waals surface area contributed by atoms with Gasteiger partial charge in [0.25, 0.3) is 0 Å². The number of hydrogen-bond acceptors (Lipinski definition) is 1. The van der Waals surface area contributed by atoms with Crippen LogP contribution in [-0.2, 0) is 0 Å². The molecule has 10 rings (SSSR count). The third-order valence-corrected chi connectivity index (χ3v) is 9.53. The van der Waals surface area contributed by atoms with Gasteiger partial charge in [-0.2, -0.15) is 0 Å². The van der Waals surface area contributed by atoms with Gasteiger partial charge in [0.2, 0.25) is 0 Å². The molecule has 10 aromatic rings. The van der Waals surface area contributed by atoms with Crippen molar-refractivity contribution in [2.45, 2.75) is 0 Å². The van der Waals surface area contributed by atoms with Crippen LogP contribution in [0.3, 0.4) is 0 Å². The van der Waals surface area contributed by atoms with E-state index in [-0.39, 0.29) is 45.7 Å². The van der Waals surface area contributed by atoms with Crippen molar-refractivity contribution in [1.82, 2.24) is 0 Å². The number of hydrogen-bond donors (Lipinski definition) is 0. The summed E-state index contributed by atoms with van der Waals surface area (Å²) in [6.07, 6.45) is 0. The minimum absolute atomic E-state index is 0.185. The number of rotatable bonds is 4. The SMILES string of the molecule is [2H]c1c([2H])c([2H])c2c(-c3cccc4ccccc34)c3c([2H])c([2H])c([2H])c([2H])c3c(-c3ccc(-c4cccc5oc6cccc(-c7ccccc7)c6c45)cc3)c2c1[2H]. The highest BCUT2D eigenvalue weighted by Crippen LogP contribution is 2.46. The maximum atomic E-state index is 9.36. The normalized spacial score (nSPS) is 14.0. The number of furan rings is 1. The quantitative estimate of drug-likeness (QED) is 0.176. The fourth-order valence-electron chi connectivity index (χ4n) is 7.41. The molecule has 1 heterocycles. The summed E-state index contributed by atoms with van der Waals surface area (Å²) >= 11 is 0. The molecular formula is C48H30O. The lowest BCUT2D eigenvalue weighted by Crippen LogP contribution is -1.91. The van der Waals surface area contributed by atoms with E-state index in [0.29, 0.717) is 22.3 Å². The van der Waals surface area contributed by atoms with E-state index < -0.39 is 24.2 Å². The van der Waals surface area contributed by atoms with Crippen molar-refractivity contribution in [3.05, 3.63) is 182 Å². The highest BCUT2D eigenvalue weighted by molar-refractivity contribution is 6.24. The van der Waals surface area contributed by atoms with Crippen LogP contribution in [0.4, 0.5) is 0 Å². The van der Waals surface area contributed by atoms with E-state index >= 15 is 0 Å². The lowest BCUT2D eigenvalue weighted by Gasteiger charge is -2.19. The molecule has 0 amide bonds. The molecule has 0 radical (unpaired) electrons. The highest BCUT2D eigenvalue weighted by atomic mass is 16.3. The molecule has 0 fully saturated rings. The van der Waals surface area contributed by atoms with Crippen molar-refractivity contribution in [1.29, 1.82) is 0 Å². The summed E-state index contributed by atoms with van der Waals surface area (Å²) in [4.78, 5) is 0. The standard InChI is InChI=1S/C48H30O/c1-2-13-32(14-3-1)36-22-11-25-43-47(36)48-37(23-12-26-44(48)49-43)33-27-29-34(30-28-33)45-39-18-6-8-20-41(39)46(42-21-9-7-19-40(42)45)38-24-10-16-31-15-4-5-17-35(31)38/h1-30H/i6D,7D,8D,9D,18D,19D,20D,21D. The van der Waals surface area contributed by atoms with Crippen LogP contribution in [-0.4, -0.2) is 0 Å². The third-order valence-electron chi connectivity index (χ3n) is 9.53. The van der Waals surface area contributed by atoms with E-state index in [4.69, 9.17) is 9.90 Å². The summed E-state index contributed by atoms with van der Waals surface area (Å²) in [7, 11) is 0. The molecule has 0 saturated carbocycles. The Morgan fingerprint density at radius 2 is 0.816 bits per heavy atom. The Morgan fingerprint density at radius 3 is 1.45 bits per heavy atom. The number of fused-ring (bicyclic) bond motifs is 6. The van der Waals surface area contributed by atoms with Crippen LogP contribution in [0.1, 0.15) is 11.0 Å². The summed E-state index contributed by atoms with van der Waals surface area (Å²) in [5.41, 5.74) is 7.23. The molecule has 228 valence electrons. The van der Waals surface area contributed by atoms with Crippen LogP contribution < -0.4 is 0 Å². The summed E-state index contributed by atoms with van der Waals surface area (Å²) < 4.78 is 79.0. The third kappa shape index (κ3) is 4.33. The van der Waals surface area contributed by atoms with Crippen molar-refractivity contribution in [2.75, 3.05) is 0 Å². The van der Waals surface area contributed by atoms with E-state index in [2.05, 4.69) is 18.2 Å². The summed E-state index contributed by atoms with van der Waals surface area (Å²) in [5, 5.41) is 4.37. The second kappa shape index (κ2) is 11.1. The molecule has 0 unspecified atom stereocenters. The van der Waals surface area contributed by atoms with Crippen LogP contribution in [0.25, 0.3) is 98.8 Å². The Hall–Kier alpha value is -6.44. The fraction of sp³-hybridized carbons (Fsp3) is 0. The molecule has 0 aliphatic heterocycles. The van der Waals surface area contributed by atoms with Gasteiger partial charge in [-0.1, -0.05) is 170 Å². The average Bonchev–Trinajstić information content (AvgIpc) is 3.65. The molecule has 0 bridgehead atoms. The minimum Gasteiger partial charge on any atom is -0.456 e. The van der Waals surface area contributed by atoms with Gasteiger partial charge >= 0.3 is 0 Å². The average molecular weight is 631 g/mol. The molecule has 0 saturated heterocycles. The second-order valence-corrected chi connectivity index (χ2v) is 12.2. The van der Waals surface area contributed by atoms with Crippen LogP contribution in [0.2, 0.25) is 0 Å². The van der Waals surface area contributed by atoms with Gasteiger partial charge < -0.3 is 4.42 Å². The van der Waals surface area contributed by atoms with Crippen LogP contribution in [0, 0.1) is 0 Å². The van der Waals surface area contributed by atoms with Gasteiger partial charge in [-0.3, -0.25) is 0 Å². The molecule has 9 aromatic carbocycles. The van der Waals surface area contributed by atoms with Crippen molar-refractivity contribution in [2.24, 2.45) is 0 Å². The Bertz CT molecular complexity index is 3230. The monoisotopic (exact) mass is 630 g/mol. The van der Waals surface area contributed by atoms with Gasteiger partial charge in [0.1, 0.15) is 11.2 Å². The topological polar surface area (TPSA) is 13.1 Å². The van der Waals surface area contributed by atoms with Gasteiger partial charge in [0, 0.05) is 10.8 Å². The first-order valence-corrected chi connectivity index (χ1v) is 16.2. The fourth-order valence-corrected chi connectivity index (χ4v) is 7.41. The molecular weight excluding hydrogens is 593 g/mol. The molecule has 0 aliphatic carbocycles. The first-order chi connectivity index (χ1) is 27.7. The van der Waals surface area contributed by atoms with Gasteiger partial charge in [-0.25, -0.2) is 0 Å². The maximum absolute atomic E-state index is 9.36. The van der Waals surface area contributed by atoms with E-state index in [1.54, 1.807) is 0 Å². The second-order valence-electron chi connectivity index (χ2n) is 12.2. The molecule has 0 atom stereocenters. The zero-order valence-corrected chi connectivity index (χ0v) is 26.1. The lowest BCUT2D eigenvalue weighted by atomic mass is 9.84. The first kappa shape index (κ1) is 20.7. The zero-order valence-electron chi connectivity index (χ0n) is 34.1. The largest absolute Gasteiger partial charge is 0.456 e.